The minimum Gasteiger partial charge on any atom is -0.271 e. The van der Waals surface area contributed by atoms with Gasteiger partial charge in [-0.15, -0.1) is 0 Å². The van der Waals surface area contributed by atoms with Crippen molar-refractivity contribution in [2.75, 3.05) is 0 Å². The molecule has 0 saturated heterocycles. The van der Waals surface area contributed by atoms with Gasteiger partial charge in [0.05, 0.1) is 5.02 Å². The van der Waals surface area contributed by atoms with E-state index in [0.29, 0.717) is 5.92 Å². The second-order valence-electron chi connectivity index (χ2n) is 5.23. The summed E-state index contributed by atoms with van der Waals surface area (Å²) in [4.78, 5) is 0. The molecular formula is C16H16BrClN2. The Kier molecular flexibility index (Phi) is 4.13. The van der Waals surface area contributed by atoms with Crippen molar-refractivity contribution in [3.05, 3.63) is 68.7 Å². The predicted octanol–water partition coefficient (Wildman–Crippen LogP) is 4.34. The molecule has 1 aliphatic carbocycles. The molecule has 0 fully saturated rings. The van der Waals surface area contributed by atoms with Crippen molar-refractivity contribution >= 4 is 27.5 Å². The molecule has 3 N–H and O–H groups in total. The van der Waals surface area contributed by atoms with Crippen LogP contribution < -0.4 is 11.3 Å². The Hall–Kier alpha value is -0.870. The topological polar surface area (TPSA) is 38.0 Å². The molecule has 0 saturated carbocycles. The second kappa shape index (κ2) is 5.86. The van der Waals surface area contributed by atoms with Gasteiger partial charge in [0.2, 0.25) is 0 Å². The maximum atomic E-state index is 6.16. The molecule has 2 unspecified atom stereocenters. The van der Waals surface area contributed by atoms with Crippen LogP contribution in [0.25, 0.3) is 0 Å². The average molecular weight is 352 g/mol. The van der Waals surface area contributed by atoms with Crippen molar-refractivity contribution in [2.24, 2.45) is 5.84 Å². The normalized spacial score (nSPS) is 18.2. The van der Waals surface area contributed by atoms with Crippen LogP contribution in [-0.4, -0.2) is 0 Å². The van der Waals surface area contributed by atoms with E-state index in [1.54, 1.807) is 0 Å². The van der Waals surface area contributed by atoms with E-state index >= 15 is 0 Å². The van der Waals surface area contributed by atoms with Crippen molar-refractivity contribution < 1.29 is 0 Å². The Bertz CT molecular complexity index is 630. The van der Waals surface area contributed by atoms with Crippen LogP contribution in [0.2, 0.25) is 5.02 Å². The fraction of sp³-hybridized carbons (Fsp3) is 0.250. The summed E-state index contributed by atoms with van der Waals surface area (Å²) < 4.78 is 0.910. The highest BCUT2D eigenvalue weighted by atomic mass is 79.9. The number of nitrogens with one attached hydrogen (secondary N) is 1. The van der Waals surface area contributed by atoms with Gasteiger partial charge in [-0.25, -0.2) is 0 Å². The van der Waals surface area contributed by atoms with E-state index in [1.807, 2.05) is 12.1 Å². The van der Waals surface area contributed by atoms with Gasteiger partial charge < -0.3 is 0 Å². The van der Waals surface area contributed by atoms with E-state index in [9.17, 15) is 0 Å². The fourth-order valence-electron chi connectivity index (χ4n) is 2.89. The summed E-state index contributed by atoms with van der Waals surface area (Å²) in [6.07, 6.45) is 2.13. The first-order chi connectivity index (χ1) is 9.69. The summed E-state index contributed by atoms with van der Waals surface area (Å²) in [6, 6.07) is 14.7. The monoisotopic (exact) mass is 350 g/mol. The molecule has 4 heteroatoms. The van der Waals surface area contributed by atoms with Crippen LogP contribution >= 0.6 is 27.5 Å². The molecule has 2 aromatic carbocycles. The van der Waals surface area contributed by atoms with Gasteiger partial charge in [-0.05, 0) is 63.5 Å². The standard InChI is InChI=1S/C16H16BrClN2/c17-14-6-5-11(8-15(14)18)16(20-19)9-12-7-10-3-1-2-4-13(10)12/h1-6,8,12,16,20H,7,9,19H2. The lowest BCUT2D eigenvalue weighted by Gasteiger charge is -2.33. The molecule has 0 aliphatic heterocycles. The van der Waals surface area contributed by atoms with E-state index < -0.39 is 0 Å². The zero-order chi connectivity index (χ0) is 14.1. The molecule has 0 radical (unpaired) electrons. The number of hydrogen-bond donors (Lipinski definition) is 2. The summed E-state index contributed by atoms with van der Waals surface area (Å²) in [5.41, 5.74) is 6.97. The first kappa shape index (κ1) is 14.1. The number of nitrogens with two attached hydrogens (primary N) is 1. The zero-order valence-corrected chi connectivity index (χ0v) is 13.3. The molecular weight excluding hydrogens is 336 g/mol. The first-order valence-corrected chi connectivity index (χ1v) is 7.85. The highest BCUT2D eigenvalue weighted by Crippen LogP contribution is 2.41. The molecule has 0 bridgehead atoms. The second-order valence-corrected chi connectivity index (χ2v) is 6.49. The Morgan fingerprint density at radius 3 is 2.80 bits per heavy atom. The van der Waals surface area contributed by atoms with Crippen molar-refractivity contribution in [2.45, 2.75) is 24.8 Å². The highest BCUT2D eigenvalue weighted by Gasteiger charge is 2.28. The Morgan fingerprint density at radius 1 is 1.30 bits per heavy atom. The molecule has 3 rings (SSSR count). The predicted molar refractivity (Wildman–Crippen MR) is 86.7 cm³/mol. The number of rotatable bonds is 4. The molecule has 2 aromatic rings. The van der Waals surface area contributed by atoms with E-state index in [0.717, 1.165) is 27.9 Å². The zero-order valence-electron chi connectivity index (χ0n) is 10.9. The van der Waals surface area contributed by atoms with Gasteiger partial charge in [-0.2, -0.15) is 0 Å². The van der Waals surface area contributed by atoms with Gasteiger partial charge >= 0.3 is 0 Å². The van der Waals surface area contributed by atoms with Crippen LogP contribution in [0.1, 0.15) is 35.1 Å². The molecule has 2 nitrogen and oxygen atoms in total. The molecule has 2 atom stereocenters. The molecule has 20 heavy (non-hydrogen) atoms. The summed E-state index contributed by atoms with van der Waals surface area (Å²) in [6.45, 7) is 0. The van der Waals surface area contributed by atoms with E-state index in [4.69, 9.17) is 17.4 Å². The quantitative estimate of drug-likeness (QED) is 0.635. The van der Waals surface area contributed by atoms with Crippen LogP contribution in [0.15, 0.2) is 46.9 Å². The van der Waals surface area contributed by atoms with Gasteiger partial charge in [0.15, 0.2) is 0 Å². The summed E-state index contributed by atoms with van der Waals surface area (Å²) in [5, 5.41) is 0.719. The van der Waals surface area contributed by atoms with Crippen LogP contribution in [-0.2, 0) is 6.42 Å². The van der Waals surface area contributed by atoms with Crippen molar-refractivity contribution in [3.63, 3.8) is 0 Å². The molecule has 1 aliphatic rings. The third-order valence-electron chi connectivity index (χ3n) is 4.03. The lowest BCUT2D eigenvalue weighted by molar-refractivity contribution is 0.435. The van der Waals surface area contributed by atoms with Crippen molar-refractivity contribution in [1.29, 1.82) is 0 Å². The summed E-state index contributed by atoms with van der Waals surface area (Å²) in [7, 11) is 0. The highest BCUT2D eigenvalue weighted by molar-refractivity contribution is 9.10. The summed E-state index contributed by atoms with van der Waals surface area (Å²) in [5.74, 6) is 6.31. The van der Waals surface area contributed by atoms with Gasteiger partial charge in [0.1, 0.15) is 0 Å². The van der Waals surface area contributed by atoms with Gasteiger partial charge in [0.25, 0.3) is 0 Å². The van der Waals surface area contributed by atoms with Gasteiger partial charge in [-0.1, -0.05) is 41.9 Å². The largest absolute Gasteiger partial charge is 0.271 e. The smallest absolute Gasteiger partial charge is 0.0551 e. The average Bonchev–Trinajstić information content (AvgIpc) is 2.44. The number of benzene rings is 2. The van der Waals surface area contributed by atoms with Crippen LogP contribution in [0, 0.1) is 0 Å². The maximum absolute atomic E-state index is 6.16. The first-order valence-electron chi connectivity index (χ1n) is 6.68. The van der Waals surface area contributed by atoms with Gasteiger partial charge in [-0.3, -0.25) is 11.3 Å². The fourth-order valence-corrected chi connectivity index (χ4v) is 3.32. The lowest BCUT2D eigenvalue weighted by Crippen LogP contribution is -2.31. The SMILES string of the molecule is NNC(CC1Cc2ccccc21)c1ccc(Br)c(Cl)c1. The van der Waals surface area contributed by atoms with E-state index in [-0.39, 0.29) is 6.04 Å². The number of fused-ring (bicyclic) bond motifs is 1. The van der Waals surface area contributed by atoms with Crippen LogP contribution in [0.4, 0.5) is 0 Å². The Balaban J connectivity index is 1.77. The van der Waals surface area contributed by atoms with E-state index in [1.165, 1.54) is 11.1 Å². The third kappa shape index (κ3) is 2.63. The Morgan fingerprint density at radius 2 is 2.10 bits per heavy atom. The van der Waals surface area contributed by atoms with Crippen LogP contribution in [0.3, 0.4) is 0 Å². The minimum absolute atomic E-state index is 0.124. The van der Waals surface area contributed by atoms with E-state index in [2.05, 4.69) is 51.7 Å². The number of hydrogen-bond acceptors (Lipinski definition) is 2. The van der Waals surface area contributed by atoms with Gasteiger partial charge in [0, 0.05) is 10.5 Å². The molecule has 0 spiro atoms. The lowest BCUT2D eigenvalue weighted by atomic mass is 9.74. The molecule has 0 amide bonds. The molecule has 104 valence electrons. The number of halogens is 2. The Labute approximate surface area is 132 Å². The van der Waals surface area contributed by atoms with Crippen molar-refractivity contribution in [1.82, 2.24) is 5.43 Å². The maximum Gasteiger partial charge on any atom is 0.0551 e. The minimum atomic E-state index is 0.124. The van der Waals surface area contributed by atoms with Crippen molar-refractivity contribution in [3.8, 4) is 0 Å². The van der Waals surface area contributed by atoms with Crippen LogP contribution in [0.5, 0.6) is 0 Å². The number of hydrazine groups is 1. The molecule has 0 heterocycles. The third-order valence-corrected chi connectivity index (χ3v) is 5.26. The molecule has 0 aromatic heterocycles. The summed E-state index contributed by atoms with van der Waals surface area (Å²) >= 11 is 9.58.